The first-order valence-electron chi connectivity index (χ1n) is 3.42. The molecule has 3 nitrogen and oxygen atoms in total. The van der Waals surface area contributed by atoms with Crippen LogP contribution in [0.1, 0.15) is 12.8 Å². The molecule has 0 radical (unpaired) electrons. The van der Waals surface area contributed by atoms with Gasteiger partial charge in [-0.15, -0.1) is 0 Å². The van der Waals surface area contributed by atoms with Gasteiger partial charge in [-0.25, -0.2) is 0 Å². The molecule has 1 saturated heterocycles. The summed E-state index contributed by atoms with van der Waals surface area (Å²) in [6.07, 6.45) is 2.91. The third-order valence-electron chi connectivity index (χ3n) is 2.11. The molecule has 60 valence electrons. The van der Waals surface area contributed by atoms with Crippen LogP contribution in [0, 0.1) is 0 Å². The Morgan fingerprint density at radius 2 is 1.60 bits per heavy atom. The van der Waals surface area contributed by atoms with E-state index in [4.69, 9.17) is 9.47 Å². The third kappa shape index (κ3) is 1.27. The number of hydrogen-bond donors (Lipinski definition) is 1. The van der Waals surface area contributed by atoms with Gasteiger partial charge in [0.15, 0.2) is 0 Å². The van der Waals surface area contributed by atoms with Crippen LogP contribution < -0.4 is 18.1 Å². The Morgan fingerprint density at radius 1 is 1.10 bits per heavy atom. The maximum absolute atomic E-state index is 5.29. The van der Waals surface area contributed by atoms with Gasteiger partial charge in [0.2, 0.25) is 0 Å². The second-order valence-corrected chi connectivity index (χ2v) is 2.87. The van der Waals surface area contributed by atoms with Gasteiger partial charge in [0.25, 0.3) is 0 Å². The van der Waals surface area contributed by atoms with E-state index in [9.17, 15) is 0 Å². The molecule has 2 rings (SSSR count). The highest BCUT2D eigenvalue weighted by Gasteiger charge is 2.39. The summed E-state index contributed by atoms with van der Waals surface area (Å²) in [5.74, 6) is 0. The van der Waals surface area contributed by atoms with Crippen LogP contribution >= 0.6 is 0 Å². The van der Waals surface area contributed by atoms with Gasteiger partial charge in [0.05, 0.1) is 18.2 Å². The molecular weight excluding hydrogens is 154 g/mol. The summed E-state index contributed by atoms with van der Waals surface area (Å²) in [6, 6.07) is 0.556. The summed E-state index contributed by atoms with van der Waals surface area (Å²) in [5.41, 5.74) is 3.96. The zero-order valence-corrected chi connectivity index (χ0v) is 6.51. The SMILES string of the molecule is [Cl-].[NH3+]C1CC2OCOC2C1. The Morgan fingerprint density at radius 3 is 2.10 bits per heavy atom. The van der Waals surface area contributed by atoms with Gasteiger partial charge in [-0.2, -0.15) is 0 Å². The Hall–Kier alpha value is 0.170. The zero-order chi connectivity index (χ0) is 6.27. The lowest BCUT2D eigenvalue weighted by Gasteiger charge is -2.00. The van der Waals surface area contributed by atoms with Crippen molar-refractivity contribution in [1.29, 1.82) is 0 Å². The Bertz CT molecular complexity index is 110. The van der Waals surface area contributed by atoms with Crippen molar-refractivity contribution in [2.75, 3.05) is 6.79 Å². The fourth-order valence-electron chi connectivity index (χ4n) is 1.62. The first-order valence-corrected chi connectivity index (χ1v) is 3.42. The molecule has 1 aliphatic heterocycles. The molecule has 0 aromatic rings. The number of fused-ring (bicyclic) bond motifs is 1. The summed E-state index contributed by atoms with van der Waals surface area (Å²) in [7, 11) is 0. The second kappa shape index (κ2) is 3.05. The quantitative estimate of drug-likeness (QED) is 0.400. The van der Waals surface area contributed by atoms with Crippen LogP contribution in [0.5, 0.6) is 0 Å². The number of quaternary nitrogens is 1. The predicted molar refractivity (Wildman–Crippen MR) is 30.5 cm³/mol. The van der Waals surface area contributed by atoms with Crippen molar-refractivity contribution in [2.45, 2.75) is 31.1 Å². The van der Waals surface area contributed by atoms with Gasteiger partial charge in [-0.1, -0.05) is 0 Å². The molecule has 1 aliphatic carbocycles. The standard InChI is InChI=1S/C6H11NO2.ClH/c7-4-1-5-6(2-4)9-3-8-5;/h4-6H,1-3,7H2;1H. The monoisotopic (exact) mass is 165 g/mol. The number of hydrogen-bond acceptors (Lipinski definition) is 2. The molecule has 0 amide bonds. The summed E-state index contributed by atoms with van der Waals surface area (Å²) < 4.78 is 10.6. The third-order valence-corrected chi connectivity index (χ3v) is 2.11. The van der Waals surface area contributed by atoms with E-state index in [0.717, 1.165) is 12.8 Å². The zero-order valence-electron chi connectivity index (χ0n) is 5.75. The largest absolute Gasteiger partial charge is 1.00 e. The molecule has 0 aromatic carbocycles. The van der Waals surface area contributed by atoms with Crippen LogP contribution in [0.2, 0.25) is 0 Å². The van der Waals surface area contributed by atoms with Crippen molar-refractivity contribution in [2.24, 2.45) is 0 Å². The topological polar surface area (TPSA) is 46.1 Å². The Balaban J connectivity index is 0.000000500. The van der Waals surface area contributed by atoms with Crippen molar-refractivity contribution in [3.05, 3.63) is 0 Å². The van der Waals surface area contributed by atoms with E-state index in [2.05, 4.69) is 5.73 Å². The lowest BCUT2D eigenvalue weighted by atomic mass is 10.3. The molecule has 2 unspecified atom stereocenters. The molecule has 1 saturated carbocycles. The summed E-state index contributed by atoms with van der Waals surface area (Å²) in [4.78, 5) is 0. The molecule has 2 fully saturated rings. The van der Waals surface area contributed by atoms with Gasteiger partial charge >= 0.3 is 0 Å². The average molecular weight is 166 g/mol. The van der Waals surface area contributed by atoms with E-state index >= 15 is 0 Å². The maximum Gasteiger partial charge on any atom is 0.147 e. The first kappa shape index (κ1) is 8.27. The van der Waals surface area contributed by atoms with Crippen LogP contribution in [0.15, 0.2) is 0 Å². The van der Waals surface area contributed by atoms with Gasteiger partial charge in [0, 0.05) is 12.8 Å². The minimum absolute atomic E-state index is 0. The number of rotatable bonds is 0. The molecular formula is C6H12ClNO2. The van der Waals surface area contributed by atoms with E-state index in [1.807, 2.05) is 0 Å². The Kier molecular flexibility index (Phi) is 2.52. The molecule has 0 aromatic heterocycles. The van der Waals surface area contributed by atoms with E-state index in [1.165, 1.54) is 0 Å². The average Bonchev–Trinajstić information content (AvgIpc) is 2.22. The van der Waals surface area contributed by atoms with Crippen molar-refractivity contribution < 1.29 is 27.6 Å². The van der Waals surface area contributed by atoms with Crippen LogP contribution in [-0.4, -0.2) is 25.0 Å². The molecule has 3 N–H and O–H groups in total. The summed E-state index contributed by atoms with van der Waals surface area (Å²) in [6.45, 7) is 0.502. The van der Waals surface area contributed by atoms with Crippen LogP contribution in [0.3, 0.4) is 0 Å². The first-order chi connectivity index (χ1) is 4.36. The lowest BCUT2D eigenvalue weighted by molar-refractivity contribution is -0.420. The maximum atomic E-state index is 5.29. The van der Waals surface area contributed by atoms with E-state index in [-0.39, 0.29) is 12.4 Å². The van der Waals surface area contributed by atoms with Gasteiger partial charge in [-0.05, 0) is 0 Å². The molecule has 0 spiro atoms. The highest BCUT2D eigenvalue weighted by atomic mass is 35.5. The molecule has 1 heterocycles. The van der Waals surface area contributed by atoms with Crippen LogP contribution in [0.25, 0.3) is 0 Å². The van der Waals surface area contributed by atoms with E-state index in [1.54, 1.807) is 0 Å². The fourth-order valence-corrected chi connectivity index (χ4v) is 1.62. The summed E-state index contributed by atoms with van der Waals surface area (Å²) >= 11 is 0. The molecule has 2 aliphatic rings. The van der Waals surface area contributed by atoms with Crippen molar-refractivity contribution in [1.82, 2.24) is 0 Å². The molecule has 2 atom stereocenters. The molecule has 4 heteroatoms. The van der Waals surface area contributed by atoms with Crippen molar-refractivity contribution in [3.63, 3.8) is 0 Å². The Labute approximate surface area is 66.3 Å². The van der Waals surface area contributed by atoms with E-state index < -0.39 is 0 Å². The minimum atomic E-state index is 0. The van der Waals surface area contributed by atoms with Crippen LogP contribution in [0.4, 0.5) is 0 Å². The summed E-state index contributed by atoms with van der Waals surface area (Å²) in [5, 5.41) is 0. The smallest absolute Gasteiger partial charge is 0.147 e. The normalized spacial score (nSPS) is 44.7. The van der Waals surface area contributed by atoms with Gasteiger partial charge < -0.3 is 27.6 Å². The van der Waals surface area contributed by atoms with Gasteiger partial charge in [-0.3, -0.25) is 0 Å². The van der Waals surface area contributed by atoms with Crippen molar-refractivity contribution in [3.8, 4) is 0 Å². The van der Waals surface area contributed by atoms with Crippen LogP contribution in [-0.2, 0) is 9.47 Å². The highest BCUT2D eigenvalue weighted by molar-refractivity contribution is 4.86. The lowest BCUT2D eigenvalue weighted by Crippen LogP contribution is -3.00. The molecule has 10 heavy (non-hydrogen) atoms. The minimum Gasteiger partial charge on any atom is -1.00 e. The number of halogens is 1. The predicted octanol–water partition coefficient (Wildman–Crippen LogP) is -3.86. The van der Waals surface area contributed by atoms with E-state index in [0.29, 0.717) is 25.0 Å². The number of ether oxygens (including phenoxy) is 2. The van der Waals surface area contributed by atoms with Gasteiger partial charge in [0.1, 0.15) is 6.79 Å². The fraction of sp³-hybridized carbons (Fsp3) is 1.00. The second-order valence-electron chi connectivity index (χ2n) is 2.87. The highest BCUT2D eigenvalue weighted by Crippen LogP contribution is 2.27. The van der Waals surface area contributed by atoms with Crippen molar-refractivity contribution >= 4 is 0 Å². The molecule has 0 bridgehead atoms.